The Kier molecular flexibility index (Phi) is 6.16. The molecule has 0 aliphatic heterocycles. The largest absolute Gasteiger partial charge is 0.399 e. The molecule has 0 aliphatic rings. The van der Waals surface area contributed by atoms with E-state index in [1.54, 1.807) is 0 Å². The van der Waals surface area contributed by atoms with Crippen LogP contribution >= 0.6 is 0 Å². The third kappa shape index (κ3) is 3.72. The lowest BCUT2D eigenvalue weighted by Crippen LogP contribution is -2.36. The van der Waals surface area contributed by atoms with Crippen LogP contribution in [0.15, 0.2) is 18.2 Å². The molecule has 0 saturated heterocycles. The highest BCUT2D eigenvalue weighted by Crippen LogP contribution is 2.19. The molecule has 3 N–H and O–H groups in total. The molecule has 0 fully saturated rings. The van der Waals surface area contributed by atoms with Crippen molar-refractivity contribution < 1.29 is 5.11 Å². The maximum absolute atomic E-state index is 9.21. The van der Waals surface area contributed by atoms with Gasteiger partial charge in [-0.3, -0.25) is 4.90 Å². The van der Waals surface area contributed by atoms with E-state index in [0.29, 0.717) is 6.04 Å². The molecule has 18 heavy (non-hydrogen) atoms. The SMILES string of the molecule is CCC(CC)N(CCO)Cc1cccc(N)c1C. The summed E-state index contributed by atoms with van der Waals surface area (Å²) >= 11 is 0. The second kappa shape index (κ2) is 7.39. The molecule has 0 spiro atoms. The summed E-state index contributed by atoms with van der Waals surface area (Å²) in [6.45, 7) is 8.26. The molecule has 3 heteroatoms. The number of nitrogen functional groups attached to an aromatic ring is 1. The summed E-state index contributed by atoms with van der Waals surface area (Å²) in [7, 11) is 0. The van der Waals surface area contributed by atoms with Crippen molar-refractivity contribution in [2.24, 2.45) is 0 Å². The Bertz CT molecular complexity index is 362. The van der Waals surface area contributed by atoms with Gasteiger partial charge in [0, 0.05) is 24.8 Å². The highest BCUT2D eigenvalue weighted by atomic mass is 16.3. The van der Waals surface area contributed by atoms with Crippen LogP contribution < -0.4 is 5.73 Å². The normalized spacial score (nSPS) is 11.4. The molecule has 102 valence electrons. The Hall–Kier alpha value is -1.06. The molecule has 1 aromatic carbocycles. The van der Waals surface area contributed by atoms with E-state index < -0.39 is 0 Å². The van der Waals surface area contributed by atoms with E-state index in [0.717, 1.165) is 37.2 Å². The molecule has 0 saturated carbocycles. The molecule has 1 rings (SSSR count). The zero-order valence-corrected chi connectivity index (χ0v) is 11.8. The van der Waals surface area contributed by atoms with Crippen molar-refractivity contribution in [3.8, 4) is 0 Å². The lowest BCUT2D eigenvalue weighted by molar-refractivity contribution is 0.136. The Morgan fingerprint density at radius 1 is 1.28 bits per heavy atom. The molecule has 0 aliphatic carbocycles. The quantitative estimate of drug-likeness (QED) is 0.731. The summed E-state index contributed by atoms with van der Waals surface area (Å²) in [5.74, 6) is 0. The van der Waals surface area contributed by atoms with Gasteiger partial charge in [0.2, 0.25) is 0 Å². The topological polar surface area (TPSA) is 49.5 Å². The van der Waals surface area contributed by atoms with Crippen molar-refractivity contribution in [3.05, 3.63) is 29.3 Å². The van der Waals surface area contributed by atoms with Gasteiger partial charge in [0.05, 0.1) is 6.61 Å². The summed E-state index contributed by atoms with van der Waals surface area (Å²) in [4.78, 5) is 2.35. The van der Waals surface area contributed by atoms with Crippen molar-refractivity contribution >= 4 is 5.69 Å². The highest BCUT2D eigenvalue weighted by Gasteiger charge is 2.16. The van der Waals surface area contributed by atoms with Crippen LogP contribution in [-0.4, -0.2) is 29.2 Å². The zero-order chi connectivity index (χ0) is 13.5. The number of benzene rings is 1. The lowest BCUT2D eigenvalue weighted by Gasteiger charge is -2.30. The Balaban J connectivity index is 2.85. The Labute approximate surface area is 111 Å². The van der Waals surface area contributed by atoms with Gasteiger partial charge in [-0.25, -0.2) is 0 Å². The van der Waals surface area contributed by atoms with Crippen LogP contribution in [0.3, 0.4) is 0 Å². The van der Waals surface area contributed by atoms with Gasteiger partial charge in [0.25, 0.3) is 0 Å². The fourth-order valence-electron chi connectivity index (χ4n) is 2.42. The average molecular weight is 250 g/mol. The molecule has 0 heterocycles. The van der Waals surface area contributed by atoms with Crippen LogP contribution in [0.5, 0.6) is 0 Å². The van der Waals surface area contributed by atoms with E-state index in [2.05, 4.69) is 31.7 Å². The van der Waals surface area contributed by atoms with Gasteiger partial charge in [0.1, 0.15) is 0 Å². The second-order valence-electron chi connectivity index (χ2n) is 4.80. The van der Waals surface area contributed by atoms with E-state index in [4.69, 9.17) is 5.73 Å². The van der Waals surface area contributed by atoms with Gasteiger partial charge in [0.15, 0.2) is 0 Å². The number of anilines is 1. The predicted octanol–water partition coefficient (Wildman–Crippen LogP) is 2.56. The Morgan fingerprint density at radius 3 is 2.50 bits per heavy atom. The van der Waals surface area contributed by atoms with Crippen molar-refractivity contribution in [2.45, 2.75) is 46.2 Å². The van der Waals surface area contributed by atoms with Gasteiger partial charge < -0.3 is 10.8 Å². The van der Waals surface area contributed by atoms with Gasteiger partial charge in [-0.05, 0) is 37.0 Å². The smallest absolute Gasteiger partial charge is 0.0558 e. The summed E-state index contributed by atoms with van der Waals surface area (Å²) in [5.41, 5.74) is 9.21. The minimum Gasteiger partial charge on any atom is -0.399 e. The first-order chi connectivity index (χ1) is 8.63. The summed E-state index contributed by atoms with van der Waals surface area (Å²) in [5, 5.41) is 9.21. The first kappa shape index (κ1) is 15.0. The number of hydrogen-bond donors (Lipinski definition) is 2. The van der Waals surface area contributed by atoms with E-state index in [-0.39, 0.29) is 6.61 Å². The van der Waals surface area contributed by atoms with Crippen LogP contribution in [-0.2, 0) is 6.54 Å². The monoisotopic (exact) mass is 250 g/mol. The minimum atomic E-state index is 0.206. The molecule has 0 aromatic heterocycles. The lowest BCUT2D eigenvalue weighted by atomic mass is 10.0. The van der Waals surface area contributed by atoms with E-state index in [1.165, 1.54) is 5.56 Å². The van der Waals surface area contributed by atoms with Gasteiger partial charge >= 0.3 is 0 Å². The standard InChI is InChI=1S/C15H26N2O/c1-4-14(5-2)17(9-10-18)11-13-7-6-8-15(16)12(13)3/h6-8,14,18H,4-5,9-11,16H2,1-3H3. The molecule has 0 bridgehead atoms. The third-order valence-corrected chi connectivity index (χ3v) is 3.71. The maximum atomic E-state index is 9.21. The van der Waals surface area contributed by atoms with E-state index in [1.807, 2.05) is 12.1 Å². The van der Waals surface area contributed by atoms with Crippen LogP contribution in [0, 0.1) is 6.92 Å². The molecular formula is C15H26N2O. The number of nitrogens with two attached hydrogens (primary N) is 1. The minimum absolute atomic E-state index is 0.206. The number of nitrogens with zero attached hydrogens (tertiary/aromatic N) is 1. The molecule has 0 radical (unpaired) electrons. The van der Waals surface area contributed by atoms with Crippen molar-refractivity contribution in [2.75, 3.05) is 18.9 Å². The first-order valence-corrected chi connectivity index (χ1v) is 6.82. The summed E-state index contributed by atoms with van der Waals surface area (Å²) in [6, 6.07) is 6.59. The molecule has 3 nitrogen and oxygen atoms in total. The number of aliphatic hydroxyl groups excluding tert-OH is 1. The molecule has 0 atom stereocenters. The van der Waals surface area contributed by atoms with Crippen LogP contribution in [0.25, 0.3) is 0 Å². The maximum Gasteiger partial charge on any atom is 0.0558 e. The third-order valence-electron chi connectivity index (χ3n) is 3.71. The van der Waals surface area contributed by atoms with E-state index >= 15 is 0 Å². The molecule has 1 aromatic rings. The van der Waals surface area contributed by atoms with Gasteiger partial charge in [-0.2, -0.15) is 0 Å². The van der Waals surface area contributed by atoms with Crippen LogP contribution in [0.2, 0.25) is 0 Å². The molecule has 0 amide bonds. The fourth-order valence-corrected chi connectivity index (χ4v) is 2.42. The number of hydrogen-bond acceptors (Lipinski definition) is 3. The van der Waals surface area contributed by atoms with Crippen molar-refractivity contribution in [1.82, 2.24) is 4.90 Å². The number of rotatable bonds is 7. The first-order valence-electron chi connectivity index (χ1n) is 6.82. The summed E-state index contributed by atoms with van der Waals surface area (Å²) in [6.07, 6.45) is 2.22. The zero-order valence-electron chi connectivity index (χ0n) is 11.8. The van der Waals surface area contributed by atoms with Crippen molar-refractivity contribution in [3.63, 3.8) is 0 Å². The number of aliphatic hydroxyl groups is 1. The second-order valence-corrected chi connectivity index (χ2v) is 4.80. The Morgan fingerprint density at radius 2 is 1.94 bits per heavy atom. The van der Waals surface area contributed by atoms with E-state index in [9.17, 15) is 5.11 Å². The highest BCUT2D eigenvalue weighted by molar-refractivity contribution is 5.49. The molecular weight excluding hydrogens is 224 g/mol. The van der Waals surface area contributed by atoms with Gasteiger partial charge in [-0.1, -0.05) is 26.0 Å². The predicted molar refractivity (Wildman–Crippen MR) is 77.5 cm³/mol. The fraction of sp³-hybridized carbons (Fsp3) is 0.600. The van der Waals surface area contributed by atoms with Crippen molar-refractivity contribution in [1.29, 1.82) is 0 Å². The average Bonchev–Trinajstić information content (AvgIpc) is 2.36. The van der Waals surface area contributed by atoms with Gasteiger partial charge in [-0.15, -0.1) is 0 Å². The van der Waals surface area contributed by atoms with Crippen LogP contribution in [0.1, 0.15) is 37.8 Å². The molecule has 0 unspecified atom stereocenters. The summed E-state index contributed by atoms with van der Waals surface area (Å²) < 4.78 is 0. The van der Waals surface area contributed by atoms with Crippen LogP contribution in [0.4, 0.5) is 5.69 Å².